The standard InChI is InChI=1S/C14H13ClN2OS2/c1-9(12-4-5-13(15)20-12)17-14(18)10-7-11(19-8-10)3-2-6-16/h4-5,7-9H,6,16H2,1H3,(H,17,18). The largest absolute Gasteiger partial charge is 0.345 e. The fourth-order valence-corrected chi connectivity index (χ4v) is 3.39. The molecule has 3 N–H and O–H groups in total. The lowest BCUT2D eigenvalue weighted by Crippen LogP contribution is -2.25. The van der Waals surface area contributed by atoms with Gasteiger partial charge in [0, 0.05) is 10.3 Å². The second-order valence-electron chi connectivity index (χ2n) is 4.04. The minimum atomic E-state index is -0.112. The quantitative estimate of drug-likeness (QED) is 0.851. The first-order valence-corrected chi connectivity index (χ1v) is 8.01. The lowest BCUT2D eigenvalue weighted by atomic mass is 10.2. The van der Waals surface area contributed by atoms with Crippen molar-refractivity contribution in [1.29, 1.82) is 0 Å². The van der Waals surface area contributed by atoms with Crippen LogP contribution >= 0.6 is 34.3 Å². The highest BCUT2D eigenvalue weighted by atomic mass is 35.5. The molecule has 2 heterocycles. The molecular formula is C14H13ClN2OS2. The molecular weight excluding hydrogens is 312 g/mol. The molecule has 2 aromatic heterocycles. The summed E-state index contributed by atoms with van der Waals surface area (Å²) in [5.41, 5.74) is 5.93. The highest BCUT2D eigenvalue weighted by Crippen LogP contribution is 2.27. The first-order chi connectivity index (χ1) is 9.60. The number of nitrogens with two attached hydrogens (primary N) is 1. The molecule has 0 aliphatic rings. The van der Waals surface area contributed by atoms with Crippen LogP contribution in [0.3, 0.4) is 0 Å². The predicted octanol–water partition coefficient (Wildman–Crippen LogP) is 3.26. The summed E-state index contributed by atoms with van der Waals surface area (Å²) >= 11 is 8.79. The van der Waals surface area contributed by atoms with Gasteiger partial charge in [-0.2, -0.15) is 0 Å². The van der Waals surface area contributed by atoms with Crippen LogP contribution in [0.15, 0.2) is 23.6 Å². The number of carbonyl (C=O) groups is 1. The third-order valence-electron chi connectivity index (χ3n) is 2.54. The molecule has 3 nitrogen and oxygen atoms in total. The second-order valence-corrected chi connectivity index (χ2v) is 6.70. The predicted molar refractivity (Wildman–Crippen MR) is 85.5 cm³/mol. The normalized spacial score (nSPS) is 11.6. The van der Waals surface area contributed by atoms with Crippen LogP contribution in [0.1, 0.15) is 33.1 Å². The van der Waals surface area contributed by atoms with Crippen LogP contribution in [0.5, 0.6) is 0 Å². The highest BCUT2D eigenvalue weighted by Gasteiger charge is 2.14. The lowest BCUT2D eigenvalue weighted by Gasteiger charge is -2.11. The molecule has 6 heteroatoms. The first-order valence-electron chi connectivity index (χ1n) is 5.93. The van der Waals surface area contributed by atoms with E-state index in [0.717, 1.165) is 14.1 Å². The third-order valence-corrected chi connectivity index (χ3v) is 4.80. The van der Waals surface area contributed by atoms with Gasteiger partial charge in [0.1, 0.15) is 0 Å². The van der Waals surface area contributed by atoms with Crippen LogP contribution in [-0.2, 0) is 0 Å². The Bertz CT molecular complexity index is 666. The smallest absolute Gasteiger partial charge is 0.252 e. The van der Waals surface area contributed by atoms with E-state index in [4.69, 9.17) is 17.3 Å². The van der Waals surface area contributed by atoms with Gasteiger partial charge in [-0.3, -0.25) is 4.79 Å². The van der Waals surface area contributed by atoms with Gasteiger partial charge in [0.15, 0.2) is 0 Å². The van der Waals surface area contributed by atoms with Crippen LogP contribution in [0.25, 0.3) is 0 Å². The summed E-state index contributed by atoms with van der Waals surface area (Å²) in [5.74, 6) is 5.57. The van der Waals surface area contributed by atoms with Crippen molar-refractivity contribution in [2.75, 3.05) is 6.54 Å². The summed E-state index contributed by atoms with van der Waals surface area (Å²) in [6.07, 6.45) is 0. The molecule has 104 valence electrons. The third kappa shape index (κ3) is 3.84. The van der Waals surface area contributed by atoms with Gasteiger partial charge in [-0.05, 0) is 25.1 Å². The highest BCUT2D eigenvalue weighted by molar-refractivity contribution is 7.16. The maximum atomic E-state index is 12.1. The zero-order chi connectivity index (χ0) is 14.5. The Morgan fingerprint density at radius 2 is 2.35 bits per heavy atom. The molecule has 0 aliphatic carbocycles. The van der Waals surface area contributed by atoms with E-state index in [1.807, 2.05) is 19.1 Å². The van der Waals surface area contributed by atoms with Crippen LogP contribution in [-0.4, -0.2) is 12.5 Å². The van der Waals surface area contributed by atoms with Gasteiger partial charge >= 0.3 is 0 Å². The van der Waals surface area contributed by atoms with E-state index >= 15 is 0 Å². The molecule has 20 heavy (non-hydrogen) atoms. The number of thiophene rings is 2. The monoisotopic (exact) mass is 324 g/mol. The van der Waals surface area contributed by atoms with Gasteiger partial charge in [0.05, 0.1) is 27.4 Å². The van der Waals surface area contributed by atoms with Crippen molar-refractivity contribution in [2.24, 2.45) is 5.73 Å². The Balaban J connectivity index is 2.02. The van der Waals surface area contributed by atoms with Gasteiger partial charge in [-0.25, -0.2) is 0 Å². The van der Waals surface area contributed by atoms with E-state index < -0.39 is 0 Å². The number of hydrogen-bond acceptors (Lipinski definition) is 4. The number of halogens is 1. The van der Waals surface area contributed by atoms with Crippen LogP contribution in [0.2, 0.25) is 4.34 Å². The Labute approximate surface area is 130 Å². The minimum Gasteiger partial charge on any atom is -0.345 e. The Hall–Kier alpha value is -1.32. The van der Waals surface area contributed by atoms with Crippen molar-refractivity contribution in [3.63, 3.8) is 0 Å². The zero-order valence-electron chi connectivity index (χ0n) is 10.8. The van der Waals surface area contributed by atoms with Crippen LogP contribution in [0, 0.1) is 11.8 Å². The molecule has 0 aromatic carbocycles. The summed E-state index contributed by atoms with van der Waals surface area (Å²) < 4.78 is 0.718. The molecule has 1 unspecified atom stereocenters. The molecule has 0 fully saturated rings. The molecule has 1 atom stereocenters. The van der Waals surface area contributed by atoms with Gasteiger partial charge < -0.3 is 11.1 Å². The van der Waals surface area contributed by atoms with Gasteiger partial charge in [0.25, 0.3) is 5.91 Å². The molecule has 0 saturated carbocycles. The van der Waals surface area contributed by atoms with Crippen molar-refractivity contribution in [3.8, 4) is 11.8 Å². The minimum absolute atomic E-state index is 0.0709. The summed E-state index contributed by atoms with van der Waals surface area (Å²) in [4.78, 5) is 14.0. The number of nitrogens with one attached hydrogen (secondary N) is 1. The van der Waals surface area contributed by atoms with Crippen molar-refractivity contribution < 1.29 is 4.79 Å². The van der Waals surface area contributed by atoms with E-state index in [0.29, 0.717) is 12.1 Å². The van der Waals surface area contributed by atoms with E-state index in [9.17, 15) is 4.79 Å². The number of amides is 1. The van der Waals surface area contributed by atoms with Gasteiger partial charge in [-0.15, -0.1) is 22.7 Å². The second kappa shape index (κ2) is 6.91. The van der Waals surface area contributed by atoms with E-state index in [1.54, 1.807) is 11.4 Å². The van der Waals surface area contributed by atoms with Crippen molar-refractivity contribution in [2.45, 2.75) is 13.0 Å². The molecule has 2 rings (SSSR count). The van der Waals surface area contributed by atoms with Gasteiger partial charge in [0.2, 0.25) is 0 Å². The maximum absolute atomic E-state index is 12.1. The molecule has 0 aliphatic heterocycles. The average molecular weight is 325 g/mol. The molecule has 0 radical (unpaired) electrons. The fourth-order valence-electron chi connectivity index (χ4n) is 1.57. The van der Waals surface area contributed by atoms with Gasteiger partial charge in [-0.1, -0.05) is 23.4 Å². The van der Waals surface area contributed by atoms with E-state index in [1.165, 1.54) is 22.7 Å². The zero-order valence-corrected chi connectivity index (χ0v) is 13.2. The first kappa shape index (κ1) is 15.1. The van der Waals surface area contributed by atoms with E-state index in [-0.39, 0.29) is 11.9 Å². The topological polar surface area (TPSA) is 55.1 Å². The molecule has 2 aromatic rings. The summed E-state index contributed by atoms with van der Waals surface area (Å²) in [6, 6.07) is 5.45. The lowest BCUT2D eigenvalue weighted by molar-refractivity contribution is 0.0941. The fraction of sp³-hybridized carbons (Fsp3) is 0.214. The molecule has 0 spiro atoms. The number of hydrogen-bond donors (Lipinski definition) is 2. The van der Waals surface area contributed by atoms with Crippen molar-refractivity contribution >= 4 is 40.2 Å². The van der Waals surface area contributed by atoms with Crippen LogP contribution < -0.4 is 11.1 Å². The Morgan fingerprint density at radius 3 is 3.00 bits per heavy atom. The SMILES string of the molecule is CC(NC(=O)c1csc(C#CCN)c1)c1ccc(Cl)s1. The summed E-state index contributed by atoms with van der Waals surface area (Å²) in [5, 5.41) is 4.74. The number of carbonyl (C=O) groups excluding carboxylic acids is 1. The maximum Gasteiger partial charge on any atom is 0.252 e. The summed E-state index contributed by atoms with van der Waals surface area (Å²) in [6.45, 7) is 2.25. The Kier molecular flexibility index (Phi) is 5.21. The number of rotatable bonds is 3. The average Bonchev–Trinajstić information content (AvgIpc) is 3.05. The summed E-state index contributed by atoms with van der Waals surface area (Å²) in [7, 11) is 0. The van der Waals surface area contributed by atoms with Crippen LogP contribution in [0.4, 0.5) is 0 Å². The van der Waals surface area contributed by atoms with Crippen molar-refractivity contribution in [3.05, 3.63) is 43.2 Å². The Morgan fingerprint density at radius 1 is 1.55 bits per heavy atom. The molecule has 0 saturated heterocycles. The van der Waals surface area contributed by atoms with Crippen molar-refractivity contribution in [1.82, 2.24) is 5.32 Å². The molecule has 0 bridgehead atoms. The van der Waals surface area contributed by atoms with E-state index in [2.05, 4.69) is 17.2 Å². The molecule has 1 amide bonds.